The maximum Gasteiger partial charge on any atom is 0.357 e. The Balaban J connectivity index is 2.37. The van der Waals surface area contributed by atoms with E-state index >= 15 is 0 Å². The first kappa shape index (κ1) is 19.9. The van der Waals surface area contributed by atoms with Gasteiger partial charge in [0.1, 0.15) is 22.8 Å². The monoisotopic (exact) mass is 396 g/mol. The standard InChI is InChI=1S/C21H20N2O6/c1-26-14-10-11-15(16(12-14)27-2)18-17(20(24)28-3)19(21(25)29-4)23(22-18)13-8-6-5-7-9-13/h5-12H,1-4H3. The highest BCUT2D eigenvalue weighted by Gasteiger charge is 2.32. The molecule has 1 aromatic heterocycles. The molecular formula is C21H20N2O6. The van der Waals surface area contributed by atoms with Crippen molar-refractivity contribution in [3.8, 4) is 28.4 Å². The highest BCUT2D eigenvalue weighted by Crippen LogP contribution is 2.36. The van der Waals surface area contributed by atoms with Gasteiger partial charge >= 0.3 is 11.9 Å². The lowest BCUT2D eigenvalue weighted by atomic mass is 10.0. The molecule has 0 aliphatic heterocycles. The molecule has 0 fully saturated rings. The van der Waals surface area contributed by atoms with E-state index in [1.807, 2.05) is 6.07 Å². The highest BCUT2D eigenvalue weighted by atomic mass is 16.5. The lowest BCUT2D eigenvalue weighted by Gasteiger charge is -2.10. The average molecular weight is 396 g/mol. The Morgan fingerprint density at radius 1 is 0.862 bits per heavy atom. The van der Waals surface area contributed by atoms with Crippen molar-refractivity contribution in [2.75, 3.05) is 28.4 Å². The van der Waals surface area contributed by atoms with Gasteiger partial charge in [-0.2, -0.15) is 5.10 Å². The third-order valence-corrected chi connectivity index (χ3v) is 4.32. The molecule has 0 amide bonds. The molecule has 0 spiro atoms. The maximum atomic E-state index is 12.7. The van der Waals surface area contributed by atoms with Crippen molar-refractivity contribution in [2.24, 2.45) is 0 Å². The Kier molecular flexibility index (Phi) is 5.82. The fraction of sp³-hybridized carbons (Fsp3) is 0.190. The van der Waals surface area contributed by atoms with Gasteiger partial charge in [-0.3, -0.25) is 0 Å². The molecular weight excluding hydrogens is 376 g/mol. The van der Waals surface area contributed by atoms with Crippen LogP contribution >= 0.6 is 0 Å². The topological polar surface area (TPSA) is 88.9 Å². The van der Waals surface area contributed by atoms with Crippen LogP contribution in [0, 0.1) is 0 Å². The van der Waals surface area contributed by atoms with E-state index in [1.54, 1.807) is 42.5 Å². The molecule has 150 valence electrons. The van der Waals surface area contributed by atoms with Crippen molar-refractivity contribution in [3.63, 3.8) is 0 Å². The number of hydrogen-bond acceptors (Lipinski definition) is 7. The molecule has 3 aromatic rings. The van der Waals surface area contributed by atoms with E-state index in [4.69, 9.17) is 18.9 Å². The molecule has 0 saturated heterocycles. The Bertz CT molecular complexity index is 1040. The molecule has 0 radical (unpaired) electrons. The van der Waals surface area contributed by atoms with Crippen LogP contribution in [-0.2, 0) is 9.47 Å². The molecule has 0 aliphatic carbocycles. The van der Waals surface area contributed by atoms with Crippen LogP contribution < -0.4 is 9.47 Å². The molecule has 29 heavy (non-hydrogen) atoms. The molecule has 0 saturated carbocycles. The number of rotatable bonds is 6. The van der Waals surface area contributed by atoms with Crippen molar-refractivity contribution in [1.29, 1.82) is 0 Å². The van der Waals surface area contributed by atoms with Crippen molar-refractivity contribution >= 4 is 11.9 Å². The minimum Gasteiger partial charge on any atom is -0.497 e. The highest BCUT2D eigenvalue weighted by molar-refractivity contribution is 6.07. The van der Waals surface area contributed by atoms with Crippen LogP contribution in [0.2, 0.25) is 0 Å². The summed E-state index contributed by atoms with van der Waals surface area (Å²) in [5, 5.41) is 4.55. The van der Waals surface area contributed by atoms with Crippen LogP contribution in [0.15, 0.2) is 48.5 Å². The molecule has 8 nitrogen and oxygen atoms in total. The first-order valence-corrected chi connectivity index (χ1v) is 8.63. The van der Waals surface area contributed by atoms with Crippen molar-refractivity contribution in [1.82, 2.24) is 9.78 Å². The van der Waals surface area contributed by atoms with Gasteiger partial charge < -0.3 is 18.9 Å². The predicted octanol–water partition coefficient (Wildman–Crippen LogP) is 3.13. The number of esters is 2. The van der Waals surface area contributed by atoms with Crippen LogP contribution in [0.4, 0.5) is 0 Å². The Hall–Kier alpha value is -3.81. The number of benzene rings is 2. The van der Waals surface area contributed by atoms with Crippen molar-refractivity contribution in [3.05, 3.63) is 59.8 Å². The van der Waals surface area contributed by atoms with Gasteiger partial charge in [0.25, 0.3) is 0 Å². The minimum absolute atomic E-state index is 0.0216. The number of methoxy groups -OCH3 is 4. The van der Waals surface area contributed by atoms with Crippen LogP contribution in [0.3, 0.4) is 0 Å². The smallest absolute Gasteiger partial charge is 0.357 e. The average Bonchev–Trinajstić information content (AvgIpc) is 3.18. The number of para-hydroxylation sites is 1. The molecule has 3 rings (SSSR count). The van der Waals surface area contributed by atoms with Gasteiger partial charge in [0.2, 0.25) is 0 Å². The van der Waals surface area contributed by atoms with E-state index in [-0.39, 0.29) is 17.0 Å². The summed E-state index contributed by atoms with van der Waals surface area (Å²) in [6, 6.07) is 14.0. The van der Waals surface area contributed by atoms with E-state index in [9.17, 15) is 9.59 Å². The normalized spacial score (nSPS) is 10.3. The summed E-state index contributed by atoms with van der Waals surface area (Å²) in [5.74, 6) is -0.453. The number of aromatic nitrogens is 2. The van der Waals surface area contributed by atoms with Crippen LogP contribution in [-0.4, -0.2) is 50.2 Å². The molecule has 8 heteroatoms. The molecule has 0 aliphatic rings. The second-order valence-electron chi connectivity index (χ2n) is 5.87. The molecule has 1 heterocycles. The largest absolute Gasteiger partial charge is 0.497 e. The van der Waals surface area contributed by atoms with Crippen LogP contribution in [0.1, 0.15) is 20.8 Å². The zero-order valence-electron chi connectivity index (χ0n) is 16.5. The summed E-state index contributed by atoms with van der Waals surface area (Å²) in [7, 11) is 5.50. The molecule has 0 unspecified atom stereocenters. The van der Waals surface area contributed by atoms with E-state index in [0.29, 0.717) is 22.7 Å². The fourth-order valence-electron chi connectivity index (χ4n) is 2.94. The predicted molar refractivity (Wildman–Crippen MR) is 105 cm³/mol. The minimum atomic E-state index is -0.722. The van der Waals surface area contributed by atoms with E-state index in [2.05, 4.69) is 5.10 Å². The van der Waals surface area contributed by atoms with Crippen molar-refractivity contribution in [2.45, 2.75) is 0 Å². The summed E-state index contributed by atoms with van der Waals surface area (Å²) in [6.07, 6.45) is 0. The summed E-state index contributed by atoms with van der Waals surface area (Å²) in [6.45, 7) is 0. The lowest BCUT2D eigenvalue weighted by molar-refractivity contribution is 0.0549. The van der Waals surface area contributed by atoms with Crippen LogP contribution in [0.5, 0.6) is 11.5 Å². The first-order chi connectivity index (χ1) is 14.0. The number of hydrogen-bond donors (Lipinski definition) is 0. The van der Waals surface area contributed by atoms with Gasteiger partial charge in [-0.15, -0.1) is 0 Å². The summed E-state index contributed by atoms with van der Waals surface area (Å²) >= 11 is 0. The molecule has 0 N–H and O–H groups in total. The van der Waals surface area contributed by atoms with E-state index in [1.165, 1.54) is 33.1 Å². The van der Waals surface area contributed by atoms with Gasteiger partial charge in [0.05, 0.1) is 34.1 Å². The second kappa shape index (κ2) is 8.47. The van der Waals surface area contributed by atoms with Gasteiger partial charge in [-0.1, -0.05) is 18.2 Å². The van der Waals surface area contributed by atoms with Gasteiger partial charge in [-0.05, 0) is 24.3 Å². The quantitative estimate of drug-likeness (QED) is 0.592. The second-order valence-corrected chi connectivity index (χ2v) is 5.87. The first-order valence-electron chi connectivity index (χ1n) is 8.63. The molecule has 2 aromatic carbocycles. The number of carbonyl (C=O) groups excluding carboxylic acids is 2. The summed E-state index contributed by atoms with van der Waals surface area (Å²) in [4.78, 5) is 25.3. The maximum absolute atomic E-state index is 12.7. The Morgan fingerprint density at radius 2 is 1.55 bits per heavy atom. The SMILES string of the molecule is COC(=O)c1c(-c2ccc(OC)cc2OC)nn(-c2ccccc2)c1C(=O)OC. The van der Waals surface area contributed by atoms with Gasteiger partial charge in [-0.25, -0.2) is 14.3 Å². The third kappa shape index (κ3) is 3.64. The number of carbonyl (C=O) groups is 2. The van der Waals surface area contributed by atoms with Crippen LogP contribution in [0.25, 0.3) is 16.9 Å². The molecule has 0 bridgehead atoms. The number of nitrogens with zero attached hydrogens (tertiary/aromatic N) is 2. The van der Waals surface area contributed by atoms with Crippen molar-refractivity contribution < 1.29 is 28.5 Å². The Morgan fingerprint density at radius 3 is 2.14 bits per heavy atom. The molecule has 0 atom stereocenters. The summed E-state index contributed by atoms with van der Waals surface area (Å²) in [5.41, 5.74) is 1.23. The van der Waals surface area contributed by atoms with Gasteiger partial charge in [0.15, 0.2) is 5.69 Å². The third-order valence-electron chi connectivity index (χ3n) is 4.32. The van der Waals surface area contributed by atoms with E-state index < -0.39 is 11.9 Å². The van der Waals surface area contributed by atoms with E-state index in [0.717, 1.165) is 0 Å². The summed E-state index contributed by atoms with van der Waals surface area (Å²) < 4.78 is 21.9. The number of ether oxygens (including phenoxy) is 4. The zero-order chi connectivity index (χ0) is 21.0. The Labute approximate surface area is 167 Å². The fourth-order valence-corrected chi connectivity index (χ4v) is 2.94. The lowest BCUT2D eigenvalue weighted by Crippen LogP contribution is -2.15. The zero-order valence-corrected chi connectivity index (χ0v) is 16.5. The van der Waals surface area contributed by atoms with Gasteiger partial charge in [0, 0.05) is 11.6 Å².